The summed E-state index contributed by atoms with van der Waals surface area (Å²) in [6.07, 6.45) is 0. The minimum atomic E-state index is -4.28. The molecule has 6 heteroatoms. The minimum Gasteiger partial charge on any atom is -0.744 e. The highest BCUT2D eigenvalue weighted by atomic mass is 32.2. The van der Waals surface area contributed by atoms with Crippen molar-refractivity contribution in [3.63, 3.8) is 0 Å². The van der Waals surface area contributed by atoms with E-state index in [1.54, 1.807) is 19.1 Å². The number of benzene rings is 1. The predicted molar refractivity (Wildman–Crippen MR) is 43.8 cm³/mol. The SMILES string of the molecule is Cc1ccccc1S(=O)(=O)[O-].[NH3+]O. The van der Waals surface area contributed by atoms with E-state index in [1.165, 1.54) is 12.1 Å². The summed E-state index contributed by atoms with van der Waals surface area (Å²) in [5.74, 6) is 2.25. The van der Waals surface area contributed by atoms with Crippen molar-refractivity contribution in [1.82, 2.24) is 0 Å². The van der Waals surface area contributed by atoms with Crippen LogP contribution in [0.5, 0.6) is 0 Å². The van der Waals surface area contributed by atoms with Gasteiger partial charge in [-0.25, -0.2) is 19.5 Å². The van der Waals surface area contributed by atoms with Crippen LogP contribution < -0.4 is 5.90 Å². The van der Waals surface area contributed by atoms with Gasteiger partial charge in [0.25, 0.3) is 0 Å². The van der Waals surface area contributed by atoms with Crippen LogP contribution in [0, 0.1) is 6.92 Å². The molecule has 1 rings (SSSR count). The fraction of sp³-hybridized carbons (Fsp3) is 0.143. The van der Waals surface area contributed by atoms with Gasteiger partial charge in [0.05, 0.1) is 4.90 Å². The fourth-order valence-corrected chi connectivity index (χ4v) is 1.54. The third-order valence-corrected chi connectivity index (χ3v) is 2.36. The average Bonchev–Trinajstić information content (AvgIpc) is 2.07. The molecule has 0 aliphatic carbocycles. The minimum absolute atomic E-state index is 0.139. The molecule has 0 bridgehead atoms. The Hall–Kier alpha value is -0.950. The van der Waals surface area contributed by atoms with Gasteiger partial charge in [-0.15, -0.1) is 0 Å². The molecule has 74 valence electrons. The highest BCUT2D eigenvalue weighted by Gasteiger charge is 2.02. The average molecular weight is 205 g/mol. The first-order chi connectivity index (χ1) is 6.02. The Labute approximate surface area is 76.5 Å². The molecule has 4 N–H and O–H groups in total. The second kappa shape index (κ2) is 4.93. The molecule has 0 saturated heterocycles. The van der Waals surface area contributed by atoms with E-state index >= 15 is 0 Å². The highest BCUT2D eigenvalue weighted by Crippen LogP contribution is 2.12. The zero-order chi connectivity index (χ0) is 10.5. The summed E-state index contributed by atoms with van der Waals surface area (Å²) < 4.78 is 31.5. The quantitative estimate of drug-likeness (QED) is 0.477. The van der Waals surface area contributed by atoms with Gasteiger partial charge in [0.1, 0.15) is 10.1 Å². The van der Waals surface area contributed by atoms with Crippen LogP contribution in [-0.2, 0) is 10.1 Å². The highest BCUT2D eigenvalue weighted by molar-refractivity contribution is 7.85. The van der Waals surface area contributed by atoms with E-state index in [9.17, 15) is 13.0 Å². The van der Waals surface area contributed by atoms with Gasteiger partial charge in [-0.1, -0.05) is 18.2 Å². The van der Waals surface area contributed by atoms with Crippen LogP contribution in [0.2, 0.25) is 0 Å². The Morgan fingerprint density at radius 1 is 1.31 bits per heavy atom. The van der Waals surface area contributed by atoms with Gasteiger partial charge in [-0.3, -0.25) is 0 Å². The first-order valence-electron chi connectivity index (χ1n) is 3.35. The van der Waals surface area contributed by atoms with Crippen molar-refractivity contribution in [3.8, 4) is 0 Å². The van der Waals surface area contributed by atoms with Crippen molar-refractivity contribution in [3.05, 3.63) is 29.8 Å². The molecule has 0 saturated carbocycles. The van der Waals surface area contributed by atoms with Crippen molar-refractivity contribution < 1.29 is 24.1 Å². The number of hydrogen-bond acceptors (Lipinski definition) is 4. The van der Waals surface area contributed by atoms with E-state index in [2.05, 4.69) is 5.90 Å². The van der Waals surface area contributed by atoms with Crippen LogP contribution >= 0.6 is 0 Å². The summed E-state index contributed by atoms with van der Waals surface area (Å²) >= 11 is 0. The molecule has 5 nitrogen and oxygen atoms in total. The van der Waals surface area contributed by atoms with E-state index in [1.807, 2.05) is 0 Å². The standard InChI is InChI=1S/C7H8O3S.H4NO/c1-6-4-2-3-5-7(6)11(8,9)10;1-2/h2-5H,1H3,(H,8,9,10);2H,1H3/q;+1/p-1. The Balaban J connectivity index is 0.000000671. The van der Waals surface area contributed by atoms with Gasteiger partial charge in [0.15, 0.2) is 0 Å². The Bertz CT molecular complexity index is 361. The van der Waals surface area contributed by atoms with Crippen LogP contribution in [0.15, 0.2) is 29.2 Å². The van der Waals surface area contributed by atoms with Crippen molar-refractivity contribution >= 4 is 10.1 Å². The zero-order valence-corrected chi connectivity index (χ0v) is 7.91. The Morgan fingerprint density at radius 3 is 2.08 bits per heavy atom. The largest absolute Gasteiger partial charge is 0.744 e. The molecular weight excluding hydrogens is 194 g/mol. The van der Waals surface area contributed by atoms with Gasteiger partial charge in [-0.2, -0.15) is 0 Å². The molecule has 0 amide bonds. The Morgan fingerprint density at radius 2 is 1.77 bits per heavy atom. The van der Waals surface area contributed by atoms with Gasteiger partial charge < -0.3 is 4.55 Å². The van der Waals surface area contributed by atoms with Gasteiger partial charge in [0, 0.05) is 0 Å². The smallest absolute Gasteiger partial charge is 0.124 e. The monoisotopic (exact) mass is 205 g/mol. The zero-order valence-electron chi connectivity index (χ0n) is 7.10. The number of aryl methyl sites for hydroxylation is 1. The van der Waals surface area contributed by atoms with Crippen LogP contribution in [0.25, 0.3) is 0 Å². The maximum atomic E-state index is 10.5. The second-order valence-corrected chi connectivity index (χ2v) is 3.57. The maximum Gasteiger partial charge on any atom is 0.124 e. The molecule has 0 spiro atoms. The lowest BCUT2D eigenvalue weighted by molar-refractivity contribution is -0.670. The topological polar surface area (TPSA) is 105 Å². The van der Waals surface area contributed by atoms with Gasteiger partial charge in [-0.05, 0) is 18.6 Å². The summed E-state index contributed by atoms with van der Waals surface area (Å²) in [6, 6.07) is 6.10. The first-order valence-corrected chi connectivity index (χ1v) is 4.76. The van der Waals surface area contributed by atoms with Crippen molar-refractivity contribution in [2.24, 2.45) is 0 Å². The summed E-state index contributed by atoms with van der Waals surface area (Å²) in [7, 11) is -4.28. The first kappa shape index (κ1) is 12.0. The van der Waals surface area contributed by atoms with Crippen LogP contribution in [-0.4, -0.2) is 18.2 Å². The molecule has 0 heterocycles. The van der Waals surface area contributed by atoms with Gasteiger partial charge >= 0.3 is 0 Å². The molecule has 0 aromatic heterocycles. The molecule has 13 heavy (non-hydrogen) atoms. The fourth-order valence-electron chi connectivity index (χ4n) is 0.837. The van der Waals surface area contributed by atoms with Crippen molar-refractivity contribution in [2.75, 3.05) is 0 Å². The summed E-state index contributed by atoms with van der Waals surface area (Å²) in [4.78, 5) is -0.139. The van der Waals surface area contributed by atoms with Gasteiger partial charge in [0.2, 0.25) is 0 Å². The summed E-state index contributed by atoms with van der Waals surface area (Å²) in [5, 5.41) is 6.75. The molecule has 0 aliphatic rings. The maximum absolute atomic E-state index is 10.5. The van der Waals surface area contributed by atoms with Crippen molar-refractivity contribution in [1.29, 1.82) is 0 Å². The molecule has 0 atom stereocenters. The van der Waals surface area contributed by atoms with E-state index in [-0.39, 0.29) is 4.90 Å². The summed E-state index contributed by atoms with van der Waals surface area (Å²) in [6.45, 7) is 1.59. The molecule has 1 aromatic rings. The molecule has 0 radical (unpaired) electrons. The number of rotatable bonds is 1. The van der Waals surface area contributed by atoms with E-state index in [4.69, 9.17) is 5.21 Å². The lowest BCUT2D eigenvalue weighted by Crippen LogP contribution is -2.42. The van der Waals surface area contributed by atoms with Crippen molar-refractivity contribution in [2.45, 2.75) is 11.8 Å². The number of quaternary nitrogens is 1. The predicted octanol–water partition coefficient (Wildman–Crippen LogP) is -0.483. The summed E-state index contributed by atoms with van der Waals surface area (Å²) in [5.41, 5.74) is 0.488. The second-order valence-electron chi connectivity index (χ2n) is 2.22. The third-order valence-electron chi connectivity index (χ3n) is 1.36. The van der Waals surface area contributed by atoms with Crippen LogP contribution in [0.4, 0.5) is 0 Å². The Kier molecular flexibility index (Phi) is 4.57. The van der Waals surface area contributed by atoms with Crippen LogP contribution in [0.1, 0.15) is 5.56 Å². The normalized spacial score (nSPS) is 10.2. The third kappa shape index (κ3) is 3.51. The molecule has 0 fully saturated rings. The lowest BCUT2D eigenvalue weighted by atomic mass is 10.2. The van der Waals surface area contributed by atoms with E-state index in [0.717, 1.165) is 0 Å². The molecular formula is C7H11NO4S. The van der Waals surface area contributed by atoms with E-state index in [0.29, 0.717) is 5.56 Å². The van der Waals surface area contributed by atoms with Crippen LogP contribution in [0.3, 0.4) is 0 Å². The lowest BCUT2D eigenvalue weighted by Gasteiger charge is -2.08. The number of hydrogen-bond donors (Lipinski definition) is 2. The molecule has 1 aromatic carbocycles. The molecule has 0 aliphatic heterocycles. The van der Waals surface area contributed by atoms with E-state index < -0.39 is 10.1 Å². The molecule has 0 unspecified atom stereocenters.